The van der Waals surface area contributed by atoms with Gasteiger partial charge in [0.2, 0.25) is 5.91 Å². The molecule has 12 heavy (non-hydrogen) atoms. The highest BCUT2D eigenvalue weighted by Gasteiger charge is 2.12. The van der Waals surface area contributed by atoms with Crippen molar-refractivity contribution in [3.8, 4) is 0 Å². The maximum absolute atomic E-state index is 10.8. The van der Waals surface area contributed by atoms with Crippen molar-refractivity contribution in [1.82, 2.24) is 9.55 Å². The second-order valence-corrected chi connectivity index (χ2v) is 2.68. The van der Waals surface area contributed by atoms with Gasteiger partial charge in [-0.3, -0.25) is 4.79 Å². The Morgan fingerprint density at radius 2 is 2.50 bits per heavy atom. The average Bonchev–Trinajstić information content (AvgIpc) is 2.49. The van der Waals surface area contributed by atoms with Crippen LogP contribution >= 0.6 is 0 Å². The fourth-order valence-electron chi connectivity index (χ4n) is 1.11. The van der Waals surface area contributed by atoms with Gasteiger partial charge in [-0.2, -0.15) is 0 Å². The topological polar surface area (TPSA) is 60.9 Å². The molecule has 1 rings (SSSR count). The molecule has 0 bridgehead atoms. The number of hydrogen-bond acceptors (Lipinski definition) is 2. The Morgan fingerprint density at radius 3 is 3.00 bits per heavy atom. The molecule has 0 radical (unpaired) electrons. The van der Waals surface area contributed by atoms with Gasteiger partial charge >= 0.3 is 0 Å². The Balaban J connectivity index is 2.93. The van der Waals surface area contributed by atoms with E-state index in [1.807, 2.05) is 6.92 Å². The second-order valence-electron chi connectivity index (χ2n) is 2.68. The van der Waals surface area contributed by atoms with E-state index in [4.69, 9.17) is 5.73 Å². The van der Waals surface area contributed by atoms with Crippen LogP contribution < -0.4 is 5.73 Å². The Bertz CT molecular complexity index is 280. The number of imidazole rings is 1. The highest BCUT2D eigenvalue weighted by molar-refractivity contribution is 5.77. The lowest BCUT2D eigenvalue weighted by Gasteiger charge is -2.11. The smallest absolute Gasteiger partial charge is 0.240 e. The minimum absolute atomic E-state index is 0.303. The van der Waals surface area contributed by atoms with Crippen LogP contribution in [-0.4, -0.2) is 15.5 Å². The summed E-state index contributed by atoms with van der Waals surface area (Å²) in [4.78, 5) is 14.9. The van der Waals surface area contributed by atoms with Crippen molar-refractivity contribution in [2.75, 3.05) is 0 Å². The summed E-state index contributed by atoms with van der Waals surface area (Å²) in [6.45, 7) is 3.76. The predicted octanol–water partition coefficient (Wildman–Crippen LogP) is 0.492. The van der Waals surface area contributed by atoms with E-state index in [-0.39, 0.29) is 11.9 Å². The van der Waals surface area contributed by atoms with Crippen LogP contribution in [0.2, 0.25) is 0 Å². The van der Waals surface area contributed by atoms with Gasteiger partial charge in [-0.1, -0.05) is 6.92 Å². The SMILES string of the molecule is CCc1nccn1C(C)C(N)=O. The van der Waals surface area contributed by atoms with Crippen LogP contribution in [-0.2, 0) is 11.2 Å². The second kappa shape index (κ2) is 3.38. The van der Waals surface area contributed by atoms with Gasteiger partial charge in [0.15, 0.2) is 0 Å². The largest absolute Gasteiger partial charge is 0.368 e. The molecule has 4 nitrogen and oxygen atoms in total. The molecule has 1 amide bonds. The van der Waals surface area contributed by atoms with E-state index in [0.717, 1.165) is 12.2 Å². The van der Waals surface area contributed by atoms with Crippen LogP contribution in [0.5, 0.6) is 0 Å². The molecule has 0 fully saturated rings. The third-order valence-corrected chi connectivity index (χ3v) is 1.89. The van der Waals surface area contributed by atoms with E-state index < -0.39 is 0 Å². The van der Waals surface area contributed by atoms with Gasteiger partial charge in [0.1, 0.15) is 11.9 Å². The van der Waals surface area contributed by atoms with E-state index in [0.29, 0.717) is 0 Å². The Morgan fingerprint density at radius 1 is 1.83 bits per heavy atom. The highest BCUT2D eigenvalue weighted by atomic mass is 16.1. The summed E-state index contributed by atoms with van der Waals surface area (Å²) in [5.74, 6) is 0.559. The lowest BCUT2D eigenvalue weighted by atomic mass is 10.3. The molecule has 0 aliphatic carbocycles. The summed E-state index contributed by atoms with van der Waals surface area (Å²) < 4.78 is 1.79. The summed E-state index contributed by atoms with van der Waals surface area (Å²) in [5, 5.41) is 0. The van der Waals surface area contributed by atoms with Crippen LogP contribution in [0.15, 0.2) is 12.4 Å². The van der Waals surface area contributed by atoms with Crippen LogP contribution in [0.1, 0.15) is 25.7 Å². The number of carbonyl (C=O) groups is 1. The molecular formula is C8H13N3O. The number of aryl methyl sites for hydroxylation is 1. The van der Waals surface area contributed by atoms with Crippen LogP contribution in [0, 0.1) is 0 Å². The standard InChI is InChI=1S/C8H13N3O/c1-3-7-10-4-5-11(7)6(2)8(9)12/h4-6H,3H2,1-2H3,(H2,9,12). The normalized spacial score (nSPS) is 12.8. The average molecular weight is 167 g/mol. The predicted molar refractivity (Wildman–Crippen MR) is 45.5 cm³/mol. The number of aromatic nitrogens is 2. The van der Waals surface area contributed by atoms with Crippen molar-refractivity contribution in [1.29, 1.82) is 0 Å². The number of rotatable bonds is 3. The molecule has 0 aliphatic heterocycles. The number of hydrogen-bond donors (Lipinski definition) is 1. The van der Waals surface area contributed by atoms with Gasteiger partial charge in [0, 0.05) is 18.8 Å². The molecule has 0 saturated heterocycles. The molecule has 1 heterocycles. The van der Waals surface area contributed by atoms with Gasteiger partial charge in [0.25, 0.3) is 0 Å². The zero-order valence-corrected chi connectivity index (χ0v) is 7.32. The summed E-state index contributed by atoms with van der Waals surface area (Å²) in [5.41, 5.74) is 5.16. The summed E-state index contributed by atoms with van der Waals surface area (Å²) >= 11 is 0. The molecule has 0 saturated carbocycles. The molecule has 66 valence electrons. The van der Waals surface area contributed by atoms with E-state index in [9.17, 15) is 4.79 Å². The molecule has 1 unspecified atom stereocenters. The molecule has 1 aromatic rings. The molecular weight excluding hydrogens is 154 g/mol. The maximum atomic E-state index is 10.8. The van der Waals surface area contributed by atoms with E-state index in [1.165, 1.54) is 0 Å². The fourth-order valence-corrected chi connectivity index (χ4v) is 1.11. The molecule has 4 heteroatoms. The molecule has 2 N–H and O–H groups in total. The molecule has 0 aliphatic rings. The number of carbonyl (C=O) groups excluding carboxylic acids is 1. The Labute approximate surface area is 71.4 Å². The van der Waals surface area contributed by atoms with Crippen molar-refractivity contribution in [2.45, 2.75) is 26.3 Å². The Hall–Kier alpha value is -1.32. The minimum Gasteiger partial charge on any atom is -0.368 e. The Kier molecular flexibility index (Phi) is 2.47. The van der Waals surface area contributed by atoms with Crippen LogP contribution in [0.4, 0.5) is 0 Å². The minimum atomic E-state index is -0.331. The first-order chi connectivity index (χ1) is 5.66. The summed E-state index contributed by atoms with van der Waals surface area (Å²) in [6, 6.07) is -0.303. The van der Waals surface area contributed by atoms with Gasteiger partial charge in [-0.25, -0.2) is 4.98 Å². The number of nitrogens with two attached hydrogens (primary N) is 1. The third kappa shape index (κ3) is 1.47. The van der Waals surface area contributed by atoms with Crippen molar-refractivity contribution in [2.24, 2.45) is 5.73 Å². The number of amides is 1. The monoisotopic (exact) mass is 167 g/mol. The van der Waals surface area contributed by atoms with Gasteiger partial charge in [-0.05, 0) is 6.92 Å². The zero-order chi connectivity index (χ0) is 9.14. The van der Waals surface area contributed by atoms with E-state index in [1.54, 1.807) is 23.9 Å². The molecule has 1 aromatic heterocycles. The summed E-state index contributed by atoms with van der Waals surface area (Å²) in [7, 11) is 0. The summed E-state index contributed by atoms with van der Waals surface area (Å²) in [6.07, 6.45) is 4.26. The fraction of sp³-hybridized carbons (Fsp3) is 0.500. The van der Waals surface area contributed by atoms with Gasteiger partial charge in [0.05, 0.1) is 0 Å². The molecule has 0 aromatic carbocycles. The van der Waals surface area contributed by atoms with Gasteiger partial charge in [-0.15, -0.1) is 0 Å². The van der Waals surface area contributed by atoms with Crippen LogP contribution in [0.3, 0.4) is 0 Å². The van der Waals surface area contributed by atoms with E-state index in [2.05, 4.69) is 4.98 Å². The number of primary amides is 1. The van der Waals surface area contributed by atoms with Crippen molar-refractivity contribution in [3.05, 3.63) is 18.2 Å². The van der Waals surface area contributed by atoms with Gasteiger partial charge < -0.3 is 10.3 Å². The van der Waals surface area contributed by atoms with Crippen LogP contribution in [0.25, 0.3) is 0 Å². The van der Waals surface area contributed by atoms with E-state index >= 15 is 0 Å². The van der Waals surface area contributed by atoms with Crippen molar-refractivity contribution >= 4 is 5.91 Å². The lowest BCUT2D eigenvalue weighted by molar-refractivity contribution is -0.120. The lowest BCUT2D eigenvalue weighted by Crippen LogP contribution is -2.24. The first kappa shape index (κ1) is 8.77. The van der Waals surface area contributed by atoms with Crippen molar-refractivity contribution in [3.63, 3.8) is 0 Å². The highest BCUT2D eigenvalue weighted by Crippen LogP contribution is 2.08. The number of nitrogens with zero attached hydrogens (tertiary/aromatic N) is 2. The molecule has 0 spiro atoms. The first-order valence-electron chi connectivity index (χ1n) is 3.97. The zero-order valence-electron chi connectivity index (χ0n) is 7.32. The van der Waals surface area contributed by atoms with Crippen molar-refractivity contribution < 1.29 is 4.79 Å². The quantitative estimate of drug-likeness (QED) is 0.712. The third-order valence-electron chi connectivity index (χ3n) is 1.89. The molecule has 1 atom stereocenters. The maximum Gasteiger partial charge on any atom is 0.240 e. The first-order valence-corrected chi connectivity index (χ1v) is 3.97.